The van der Waals surface area contributed by atoms with Crippen molar-refractivity contribution in [3.8, 4) is 0 Å². The molecule has 1 fully saturated rings. The highest BCUT2D eigenvalue weighted by Gasteiger charge is 2.34. The van der Waals surface area contributed by atoms with Crippen LogP contribution in [0.4, 0.5) is 0 Å². The van der Waals surface area contributed by atoms with Crippen molar-refractivity contribution in [2.45, 2.75) is 76.2 Å². The molecule has 0 radical (unpaired) electrons. The van der Waals surface area contributed by atoms with Crippen molar-refractivity contribution in [2.75, 3.05) is 13.0 Å². The second-order valence-corrected chi connectivity index (χ2v) is 8.14. The number of methoxy groups -OCH3 is 1. The van der Waals surface area contributed by atoms with Crippen molar-refractivity contribution in [3.05, 3.63) is 35.4 Å². The van der Waals surface area contributed by atoms with Crippen LogP contribution in [0.5, 0.6) is 0 Å². The molecule has 5 heteroatoms. The Labute approximate surface area is 173 Å². The number of benzene rings is 1. The molecule has 0 aliphatic heterocycles. The third-order valence-electron chi connectivity index (χ3n) is 5.84. The van der Waals surface area contributed by atoms with E-state index in [1.54, 1.807) is 0 Å². The topological polar surface area (TPSA) is 63.6 Å². The van der Waals surface area contributed by atoms with E-state index < -0.39 is 6.10 Å². The van der Waals surface area contributed by atoms with Crippen LogP contribution in [0.25, 0.3) is 0 Å². The van der Waals surface area contributed by atoms with Crippen LogP contribution in [0.1, 0.15) is 87.4 Å². The normalized spacial score (nSPS) is 20.3. The summed E-state index contributed by atoms with van der Waals surface area (Å²) in [4.78, 5) is 23.5. The van der Waals surface area contributed by atoms with Gasteiger partial charge >= 0.3 is 5.97 Å². The summed E-state index contributed by atoms with van der Waals surface area (Å²) in [6.45, 7) is 0. The molecule has 28 heavy (non-hydrogen) atoms. The van der Waals surface area contributed by atoms with Gasteiger partial charge in [0.15, 0.2) is 0 Å². The molecule has 156 valence electrons. The molecule has 0 spiro atoms. The Morgan fingerprint density at radius 3 is 2.57 bits per heavy atom. The number of aliphatic hydroxyl groups excluding tert-OH is 1. The molecule has 2 rings (SSSR count). The fraction of sp³-hybridized carbons (Fsp3) is 0.652. The van der Waals surface area contributed by atoms with Crippen molar-refractivity contribution in [1.29, 1.82) is 0 Å². The molecule has 1 N–H and O–H groups in total. The van der Waals surface area contributed by atoms with E-state index in [1.807, 2.05) is 12.1 Å². The van der Waals surface area contributed by atoms with Crippen LogP contribution in [0, 0.1) is 5.92 Å². The first-order chi connectivity index (χ1) is 13.6. The van der Waals surface area contributed by atoms with E-state index in [-0.39, 0.29) is 17.8 Å². The lowest BCUT2D eigenvalue weighted by Gasteiger charge is -2.20. The maximum absolute atomic E-state index is 12.4. The van der Waals surface area contributed by atoms with Crippen LogP contribution in [0.15, 0.2) is 24.3 Å². The number of carbonyl (C=O) groups excluding carboxylic acids is 2. The minimum absolute atomic E-state index is 0.104. The number of hydrogen-bond donors (Lipinski definition) is 1. The highest BCUT2D eigenvalue weighted by molar-refractivity contribution is 6.17. The number of carbonyl (C=O) groups is 2. The maximum Gasteiger partial charge on any atom is 0.305 e. The number of esters is 1. The van der Waals surface area contributed by atoms with Crippen molar-refractivity contribution in [1.82, 2.24) is 0 Å². The van der Waals surface area contributed by atoms with Gasteiger partial charge in [-0.25, -0.2) is 0 Å². The first kappa shape index (κ1) is 22.9. The highest BCUT2D eigenvalue weighted by atomic mass is 35.5. The van der Waals surface area contributed by atoms with E-state index in [4.69, 9.17) is 11.6 Å². The molecule has 0 bridgehead atoms. The van der Waals surface area contributed by atoms with Crippen LogP contribution in [-0.2, 0) is 14.3 Å². The van der Waals surface area contributed by atoms with E-state index in [0.717, 1.165) is 50.5 Å². The minimum Gasteiger partial charge on any atom is -0.469 e. The quantitative estimate of drug-likeness (QED) is 0.289. The third-order valence-corrected chi connectivity index (χ3v) is 6.10. The number of rotatable bonds is 12. The lowest BCUT2D eigenvalue weighted by Crippen LogP contribution is -2.13. The standard InChI is InChI=1S/C23H33ClO4/c1-28-23(27)9-5-3-2-4-7-20-19(14-15-22(20)26)17-10-12-18(13-11-17)21(25)8-6-16-24/h10-13,19-21,25H,2-9,14-16H2,1H3/t19-,20-,21?/m1/s1. The number of halogens is 1. The van der Waals surface area contributed by atoms with Gasteiger partial charge in [0.05, 0.1) is 13.2 Å². The zero-order valence-electron chi connectivity index (χ0n) is 16.9. The summed E-state index contributed by atoms with van der Waals surface area (Å²) in [6.07, 6.45) is 7.87. The van der Waals surface area contributed by atoms with Crippen molar-refractivity contribution < 1.29 is 19.4 Å². The summed E-state index contributed by atoms with van der Waals surface area (Å²) < 4.78 is 4.65. The molecule has 4 nitrogen and oxygen atoms in total. The monoisotopic (exact) mass is 408 g/mol. The summed E-state index contributed by atoms with van der Waals surface area (Å²) in [7, 11) is 1.42. The fourth-order valence-electron chi connectivity index (χ4n) is 4.16. The minimum atomic E-state index is -0.473. The number of Topliss-reactive ketones (excluding diaryl/α,β-unsaturated/α-hetero) is 1. The summed E-state index contributed by atoms with van der Waals surface area (Å²) in [6, 6.07) is 8.12. The summed E-state index contributed by atoms with van der Waals surface area (Å²) in [5, 5.41) is 10.2. The molecule has 0 amide bonds. The van der Waals surface area contributed by atoms with Gasteiger partial charge in [0.2, 0.25) is 0 Å². The largest absolute Gasteiger partial charge is 0.469 e. The first-order valence-electron chi connectivity index (χ1n) is 10.5. The molecule has 0 heterocycles. The van der Waals surface area contributed by atoms with E-state index >= 15 is 0 Å². The Morgan fingerprint density at radius 2 is 1.89 bits per heavy atom. The van der Waals surface area contributed by atoms with Gasteiger partial charge in [-0.15, -0.1) is 11.6 Å². The number of aliphatic hydroxyl groups is 1. The lowest BCUT2D eigenvalue weighted by atomic mass is 9.84. The average molecular weight is 409 g/mol. The third kappa shape index (κ3) is 6.89. The molecule has 1 saturated carbocycles. The number of ketones is 1. The molecule has 1 aromatic rings. The SMILES string of the molecule is COC(=O)CCCCCC[C@H]1C(=O)CC[C@@H]1c1ccc(C(O)CCCCl)cc1. The second-order valence-electron chi connectivity index (χ2n) is 7.76. The van der Waals surface area contributed by atoms with Gasteiger partial charge in [-0.3, -0.25) is 9.59 Å². The van der Waals surface area contributed by atoms with Gasteiger partial charge in [-0.2, -0.15) is 0 Å². The Kier molecular flexibility index (Phi) is 10.0. The van der Waals surface area contributed by atoms with E-state index in [2.05, 4.69) is 16.9 Å². The van der Waals surface area contributed by atoms with Crippen molar-refractivity contribution >= 4 is 23.4 Å². The fourth-order valence-corrected chi connectivity index (χ4v) is 4.32. The van der Waals surface area contributed by atoms with E-state index in [1.165, 1.54) is 12.7 Å². The maximum atomic E-state index is 12.4. The van der Waals surface area contributed by atoms with E-state index in [9.17, 15) is 14.7 Å². The number of unbranched alkanes of at least 4 members (excludes halogenated alkanes) is 3. The molecule has 1 aliphatic carbocycles. The van der Waals surface area contributed by atoms with Gasteiger partial charge < -0.3 is 9.84 Å². The molecule has 1 unspecified atom stereocenters. The van der Waals surface area contributed by atoms with Crippen molar-refractivity contribution in [2.24, 2.45) is 5.92 Å². The zero-order chi connectivity index (χ0) is 20.4. The van der Waals surface area contributed by atoms with Crippen LogP contribution < -0.4 is 0 Å². The van der Waals surface area contributed by atoms with Crippen LogP contribution in [0.2, 0.25) is 0 Å². The summed E-state index contributed by atoms with van der Waals surface area (Å²) >= 11 is 5.70. The van der Waals surface area contributed by atoms with Crippen LogP contribution in [0.3, 0.4) is 0 Å². The van der Waals surface area contributed by atoms with Crippen LogP contribution >= 0.6 is 11.6 Å². The molecule has 1 aromatic carbocycles. The van der Waals surface area contributed by atoms with E-state index in [0.29, 0.717) is 30.9 Å². The average Bonchev–Trinajstić information content (AvgIpc) is 3.09. The number of alkyl halides is 1. The van der Waals surface area contributed by atoms with Gasteiger partial charge in [0.1, 0.15) is 5.78 Å². The zero-order valence-corrected chi connectivity index (χ0v) is 17.6. The molecule has 3 atom stereocenters. The molecule has 0 saturated heterocycles. The Bertz CT molecular complexity index is 614. The highest BCUT2D eigenvalue weighted by Crippen LogP contribution is 2.40. The first-order valence-corrected chi connectivity index (χ1v) is 11.0. The molecule has 1 aliphatic rings. The van der Waals surface area contributed by atoms with Gasteiger partial charge in [0, 0.05) is 24.6 Å². The summed E-state index contributed by atoms with van der Waals surface area (Å²) in [5.74, 6) is 1.18. The van der Waals surface area contributed by atoms with Gasteiger partial charge in [-0.1, -0.05) is 43.5 Å². The summed E-state index contributed by atoms with van der Waals surface area (Å²) in [5.41, 5.74) is 2.12. The van der Waals surface area contributed by atoms with Crippen LogP contribution in [-0.4, -0.2) is 29.8 Å². The van der Waals surface area contributed by atoms with Gasteiger partial charge in [-0.05, 0) is 49.1 Å². The molecular weight excluding hydrogens is 376 g/mol. The number of hydrogen-bond acceptors (Lipinski definition) is 4. The predicted octanol–water partition coefficient (Wildman–Crippen LogP) is 5.32. The Balaban J connectivity index is 1.83. The Hall–Kier alpha value is -1.39. The smallest absolute Gasteiger partial charge is 0.305 e. The van der Waals surface area contributed by atoms with Crippen molar-refractivity contribution in [3.63, 3.8) is 0 Å². The Morgan fingerprint density at radius 1 is 1.18 bits per heavy atom. The predicted molar refractivity (Wildman–Crippen MR) is 112 cm³/mol. The van der Waals surface area contributed by atoms with Gasteiger partial charge in [0.25, 0.3) is 0 Å². The second kappa shape index (κ2) is 12.2. The number of ether oxygens (including phenoxy) is 1. The lowest BCUT2D eigenvalue weighted by molar-refractivity contribution is -0.140. The molecule has 0 aromatic heterocycles. The molecular formula is C23H33ClO4.